The lowest BCUT2D eigenvalue weighted by molar-refractivity contribution is 0.693. The molecule has 0 saturated carbocycles. The van der Waals surface area contributed by atoms with Crippen LogP contribution in [0.3, 0.4) is 0 Å². The number of hydrogen-bond acceptors (Lipinski definition) is 3. The number of nitrogens with zero attached hydrogens (tertiary/aromatic N) is 3. The molecule has 0 radical (unpaired) electrons. The van der Waals surface area contributed by atoms with Crippen molar-refractivity contribution in [3.05, 3.63) is 40.7 Å². The summed E-state index contributed by atoms with van der Waals surface area (Å²) in [6.07, 6.45) is 1.81. The third-order valence-electron chi connectivity index (χ3n) is 2.63. The Balaban J connectivity index is 2.01. The van der Waals surface area contributed by atoms with E-state index in [2.05, 4.69) is 15.4 Å². The molecule has 90 valence electrons. The molecule has 0 spiro atoms. The summed E-state index contributed by atoms with van der Waals surface area (Å²) >= 11 is 5.84. The van der Waals surface area contributed by atoms with Crippen LogP contribution >= 0.6 is 11.6 Å². The third-order valence-corrected chi connectivity index (χ3v) is 2.88. The smallest absolute Gasteiger partial charge is 0.242 e. The van der Waals surface area contributed by atoms with Crippen LogP contribution in [0.2, 0.25) is 5.02 Å². The van der Waals surface area contributed by atoms with E-state index >= 15 is 0 Å². The van der Waals surface area contributed by atoms with Crippen molar-refractivity contribution in [1.82, 2.24) is 14.8 Å². The van der Waals surface area contributed by atoms with Gasteiger partial charge in [-0.2, -0.15) is 4.98 Å². The van der Waals surface area contributed by atoms with Gasteiger partial charge >= 0.3 is 0 Å². The highest BCUT2D eigenvalue weighted by atomic mass is 35.5. The Morgan fingerprint density at radius 2 is 1.94 bits per heavy atom. The van der Waals surface area contributed by atoms with Crippen LogP contribution in [-0.4, -0.2) is 21.8 Å². The number of benzene rings is 1. The summed E-state index contributed by atoms with van der Waals surface area (Å²) in [5.74, 6) is 1.64. The molecule has 0 saturated heterocycles. The number of hydrogen-bond donors (Lipinski definition) is 1. The van der Waals surface area contributed by atoms with Gasteiger partial charge in [0.05, 0.1) is 0 Å². The lowest BCUT2D eigenvalue weighted by atomic mass is 10.1. The second-order valence-corrected chi connectivity index (χ2v) is 4.29. The third kappa shape index (κ3) is 2.97. The quantitative estimate of drug-likeness (QED) is 0.906. The molecule has 0 amide bonds. The molecule has 1 N–H and O–H groups in total. The molecular weight excluding hydrogens is 236 g/mol. The number of halogens is 1. The average molecular weight is 251 g/mol. The van der Waals surface area contributed by atoms with E-state index < -0.39 is 0 Å². The molecule has 2 aromatic rings. The van der Waals surface area contributed by atoms with Crippen molar-refractivity contribution in [2.24, 2.45) is 7.05 Å². The van der Waals surface area contributed by atoms with Gasteiger partial charge in [0, 0.05) is 25.5 Å². The molecule has 0 bridgehead atoms. The van der Waals surface area contributed by atoms with Gasteiger partial charge < -0.3 is 5.32 Å². The Morgan fingerprint density at radius 1 is 1.24 bits per heavy atom. The molecule has 17 heavy (non-hydrogen) atoms. The molecule has 1 heterocycles. The first kappa shape index (κ1) is 11.9. The standard InChI is InChI=1S/C12H15ClN4/c1-14-12-15-11(17(2)16-12)8-5-9-3-6-10(13)7-4-9/h3-4,6-7H,5,8H2,1-2H3,(H,14,16). The molecule has 2 rings (SSSR count). The van der Waals surface area contributed by atoms with Crippen LogP contribution < -0.4 is 5.32 Å². The highest BCUT2D eigenvalue weighted by Gasteiger charge is 2.05. The van der Waals surface area contributed by atoms with E-state index in [9.17, 15) is 0 Å². The summed E-state index contributed by atoms with van der Waals surface area (Å²) in [5.41, 5.74) is 1.25. The molecule has 0 atom stereocenters. The zero-order valence-corrected chi connectivity index (χ0v) is 10.7. The summed E-state index contributed by atoms with van der Waals surface area (Å²) in [6.45, 7) is 0. The monoisotopic (exact) mass is 250 g/mol. The highest BCUT2D eigenvalue weighted by Crippen LogP contribution is 2.12. The van der Waals surface area contributed by atoms with E-state index in [0.717, 1.165) is 23.7 Å². The first-order valence-electron chi connectivity index (χ1n) is 5.51. The largest absolute Gasteiger partial charge is 0.356 e. The summed E-state index contributed by atoms with van der Waals surface area (Å²) in [6, 6.07) is 7.90. The predicted molar refractivity (Wildman–Crippen MR) is 69.4 cm³/mol. The van der Waals surface area contributed by atoms with E-state index in [1.165, 1.54) is 5.56 Å². The van der Waals surface area contributed by atoms with Crippen LogP contribution in [0.15, 0.2) is 24.3 Å². The Morgan fingerprint density at radius 3 is 2.53 bits per heavy atom. The van der Waals surface area contributed by atoms with Crippen LogP contribution in [0, 0.1) is 0 Å². The molecule has 4 nitrogen and oxygen atoms in total. The van der Waals surface area contributed by atoms with Gasteiger partial charge in [-0.1, -0.05) is 23.7 Å². The highest BCUT2D eigenvalue weighted by molar-refractivity contribution is 6.30. The van der Waals surface area contributed by atoms with Crippen LogP contribution in [0.1, 0.15) is 11.4 Å². The van der Waals surface area contributed by atoms with Crippen LogP contribution in [-0.2, 0) is 19.9 Å². The number of rotatable bonds is 4. The first-order chi connectivity index (χ1) is 8.19. The second-order valence-electron chi connectivity index (χ2n) is 3.85. The van der Waals surface area contributed by atoms with Crippen molar-refractivity contribution < 1.29 is 0 Å². The van der Waals surface area contributed by atoms with Gasteiger partial charge in [-0.15, -0.1) is 5.10 Å². The Bertz CT molecular complexity index is 490. The normalized spacial score (nSPS) is 10.5. The fourth-order valence-corrected chi connectivity index (χ4v) is 1.77. The molecule has 1 aromatic heterocycles. The van der Waals surface area contributed by atoms with E-state index in [1.807, 2.05) is 43.0 Å². The van der Waals surface area contributed by atoms with E-state index in [1.54, 1.807) is 0 Å². The summed E-state index contributed by atoms with van der Waals surface area (Å²) in [7, 11) is 3.73. The van der Waals surface area contributed by atoms with Gasteiger partial charge in [0.2, 0.25) is 5.95 Å². The molecule has 0 aliphatic heterocycles. The fourth-order valence-electron chi connectivity index (χ4n) is 1.65. The van der Waals surface area contributed by atoms with Gasteiger partial charge in [0.1, 0.15) is 5.82 Å². The number of anilines is 1. The molecule has 0 fully saturated rings. The summed E-state index contributed by atoms with van der Waals surface area (Å²) < 4.78 is 1.81. The maximum Gasteiger partial charge on any atom is 0.242 e. The van der Waals surface area contributed by atoms with Crippen molar-refractivity contribution in [3.63, 3.8) is 0 Å². The van der Waals surface area contributed by atoms with Crippen molar-refractivity contribution >= 4 is 17.5 Å². The maximum absolute atomic E-state index is 5.84. The van der Waals surface area contributed by atoms with Crippen molar-refractivity contribution in [2.45, 2.75) is 12.8 Å². The van der Waals surface area contributed by atoms with E-state index in [-0.39, 0.29) is 0 Å². The minimum Gasteiger partial charge on any atom is -0.356 e. The lowest BCUT2D eigenvalue weighted by Gasteiger charge is -2.01. The molecule has 1 aromatic carbocycles. The molecule has 0 unspecified atom stereocenters. The van der Waals surface area contributed by atoms with Gasteiger partial charge in [-0.05, 0) is 24.1 Å². The Kier molecular flexibility index (Phi) is 3.64. The van der Waals surface area contributed by atoms with Gasteiger partial charge in [-0.3, -0.25) is 4.68 Å². The lowest BCUT2D eigenvalue weighted by Crippen LogP contribution is -2.01. The minimum atomic E-state index is 0.665. The van der Waals surface area contributed by atoms with Crippen LogP contribution in [0.4, 0.5) is 5.95 Å². The zero-order chi connectivity index (χ0) is 12.3. The molecule has 0 aliphatic rings. The van der Waals surface area contributed by atoms with Gasteiger partial charge in [0.15, 0.2) is 0 Å². The van der Waals surface area contributed by atoms with E-state index in [0.29, 0.717) is 5.95 Å². The number of aryl methyl sites for hydroxylation is 3. The topological polar surface area (TPSA) is 42.7 Å². The first-order valence-corrected chi connectivity index (χ1v) is 5.89. The number of aromatic nitrogens is 3. The minimum absolute atomic E-state index is 0.665. The zero-order valence-electron chi connectivity index (χ0n) is 9.94. The average Bonchev–Trinajstić information content (AvgIpc) is 2.69. The van der Waals surface area contributed by atoms with Crippen molar-refractivity contribution in [2.75, 3.05) is 12.4 Å². The van der Waals surface area contributed by atoms with Gasteiger partial charge in [0.25, 0.3) is 0 Å². The van der Waals surface area contributed by atoms with Gasteiger partial charge in [-0.25, -0.2) is 0 Å². The molecule has 5 heteroatoms. The predicted octanol–water partition coefficient (Wildman–Crippen LogP) is 2.30. The SMILES string of the molecule is CNc1nc(CCc2ccc(Cl)cc2)n(C)n1. The van der Waals surface area contributed by atoms with Crippen molar-refractivity contribution in [1.29, 1.82) is 0 Å². The summed E-state index contributed by atoms with van der Waals surface area (Å²) in [5, 5.41) is 7.93. The fraction of sp³-hybridized carbons (Fsp3) is 0.333. The van der Waals surface area contributed by atoms with Crippen LogP contribution in [0.25, 0.3) is 0 Å². The van der Waals surface area contributed by atoms with Crippen molar-refractivity contribution in [3.8, 4) is 0 Å². The maximum atomic E-state index is 5.84. The second kappa shape index (κ2) is 5.19. The Labute approximate surface area is 106 Å². The summed E-state index contributed by atoms with van der Waals surface area (Å²) in [4.78, 5) is 4.38. The number of nitrogens with one attached hydrogen (secondary N) is 1. The van der Waals surface area contributed by atoms with Crippen LogP contribution in [0.5, 0.6) is 0 Å². The molecule has 0 aliphatic carbocycles. The van der Waals surface area contributed by atoms with E-state index in [4.69, 9.17) is 11.6 Å². The molecular formula is C12H15ClN4. The Hall–Kier alpha value is -1.55.